The maximum absolute atomic E-state index is 10.6. The SMILES string of the molecule is O=C(O)C(F)(F)F.O=C(O)C(F)(F)F.c1cncc(O[C@H]2CN(Cc3ccoc3)[C@H]3CCCO[C@H]23)c1. The van der Waals surface area contributed by atoms with Gasteiger partial charge in [0, 0.05) is 37.5 Å². The fourth-order valence-electron chi connectivity index (χ4n) is 3.50. The molecule has 2 saturated heterocycles. The summed E-state index contributed by atoms with van der Waals surface area (Å²) in [5.74, 6) is -4.70. The Hall–Kier alpha value is -3.33. The highest BCUT2D eigenvalue weighted by atomic mass is 19.4. The Morgan fingerprint density at radius 2 is 1.75 bits per heavy atom. The van der Waals surface area contributed by atoms with Crippen LogP contribution < -0.4 is 4.74 Å². The van der Waals surface area contributed by atoms with Crippen molar-refractivity contribution in [3.05, 3.63) is 48.7 Å². The largest absolute Gasteiger partial charge is 0.490 e. The van der Waals surface area contributed by atoms with E-state index in [1.807, 2.05) is 24.5 Å². The number of alkyl halides is 6. The molecular weight excluding hydrogens is 506 g/mol. The maximum Gasteiger partial charge on any atom is 0.490 e. The zero-order chi connectivity index (χ0) is 26.9. The number of ether oxygens (including phenoxy) is 2. The number of aliphatic carboxylic acids is 2. The Morgan fingerprint density at radius 3 is 2.25 bits per heavy atom. The summed E-state index contributed by atoms with van der Waals surface area (Å²) in [5, 5.41) is 14.2. The second-order valence-electron chi connectivity index (χ2n) is 7.56. The summed E-state index contributed by atoms with van der Waals surface area (Å²) in [6.45, 7) is 2.58. The van der Waals surface area contributed by atoms with E-state index < -0.39 is 24.3 Å². The third-order valence-corrected chi connectivity index (χ3v) is 4.96. The van der Waals surface area contributed by atoms with Crippen LogP contribution in [0.2, 0.25) is 0 Å². The van der Waals surface area contributed by atoms with Gasteiger partial charge in [-0.15, -0.1) is 0 Å². The van der Waals surface area contributed by atoms with Crippen LogP contribution in [0.3, 0.4) is 0 Å². The number of carbonyl (C=O) groups is 2. The molecule has 36 heavy (non-hydrogen) atoms. The number of pyridine rings is 1. The number of nitrogens with zero attached hydrogens (tertiary/aromatic N) is 2. The van der Waals surface area contributed by atoms with Crippen molar-refractivity contribution in [2.24, 2.45) is 0 Å². The molecule has 0 saturated carbocycles. The number of fused-ring (bicyclic) bond motifs is 1. The molecule has 15 heteroatoms. The molecule has 0 radical (unpaired) electrons. The van der Waals surface area contributed by atoms with Crippen LogP contribution in [-0.4, -0.2) is 75.8 Å². The third-order valence-electron chi connectivity index (χ3n) is 4.96. The van der Waals surface area contributed by atoms with Gasteiger partial charge in [-0.1, -0.05) is 0 Å². The zero-order valence-electron chi connectivity index (χ0n) is 18.4. The van der Waals surface area contributed by atoms with E-state index in [9.17, 15) is 26.3 Å². The number of carboxylic acids is 2. The molecule has 9 nitrogen and oxygen atoms in total. The summed E-state index contributed by atoms with van der Waals surface area (Å²) in [6.07, 6.45) is -0.638. The maximum atomic E-state index is 10.6. The predicted molar refractivity (Wildman–Crippen MR) is 108 cm³/mol. The van der Waals surface area contributed by atoms with Crippen molar-refractivity contribution in [3.63, 3.8) is 0 Å². The summed E-state index contributed by atoms with van der Waals surface area (Å²) < 4.78 is 80.8. The first-order valence-electron chi connectivity index (χ1n) is 10.3. The third kappa shape index (κ3) is 9.03. The first kappa shape index (κ1) is 28.9. The van der Waals surface area contributed by atoms with Gasteiger partial charge in [-0.25, -0.2) is 9.59 Å². The Kier molecular flexibility index (Phi) is 10.1. The highest BCUT2D eigenvalue weighted by Gasteiger charge is 2.45. The molecule has 2 fully saturated rings. The second kappa shape index (κ2) is 12.6. The molecule has 2 aromatic rings. The molecule has 2 aliphatic rings. The van der Waals surface area contributed by atoms with E-state index in [4.69, 9.17) is 33.7 Å². The summed E-state index contributed by atoms with van der Waals surface area (Å²) in [7, 11) is 0. The molecule has 0 aliphatic carbocycles. The van der Waals surface area contributed by atoms with Gasteiger partial charge >= 0.3 is 24.3 Å². The molecule has 2 aliphatic heterocycles. The number of hydrogen-bond acceptors (Lipinski definition) is 7. The van der Waals surface area contributed by atoms with Gasteiger partial charge in [0.1, 0.15) is 18.0 Å². The average Bonchev–Trinajstić information content (AvgIpc) is 3.43. The second-order valence-corrected chi connectivity index (χ2v) is 7.56. The molecule has 0 spiro atoms. The molecule has 0 aromatic carbocycles. The summed E-state index contributed by atoms with van der Waals surface area (Å²) >= 11 is 0. The van der Waals surface area contributed by atoms with E-state index in [0.717, 1.165) is 38.3 Å². The van der Waals surface area contributed by atoms with Gasteiger partial charge in [0.2, 0.25) is 0 Å². The van der Waals surface area contributed by atoms with E-state index >= 15 is 0 Å². The lowest BCUT2D eigenvalue weighted by atomic mass is 10.0. The van der Waals surface area contributed by atoms with Gasteiger partial charge in [0.15, 0.2) is 0 Å². The van der Waals surface area contributed by atoms with E-state index in [-0.39, 0.29) is 12.2 Å². The lowest BCUT2D eigenvalue weighted by molar-refractivity contribution is -0.193. The minimum absolute atomic E-state index is 0.0569. The van der Waals surface area contributed by atoms with Crippen molar-refractivity contribution in [2.45, 2.75) is 50.0 Å². The van der Waals surface area contributed by atoms with Crippen LogP contribution in [-0.2, 0) is 20.9 Å². The molecule has 3 atom stereocenters. The van der Waals surface area contributed by atoms with Crippen molar-refractivity contribution < 1.29 is 60.0 Å². The minimum atomic E-state index is -5.08. The van der Waals surface area contributed by atoms with Crippen molar-refractivity contribution in [2.75, 3.05) is 13.2 Å². The van der Waals surface area contributed by atoms with E-state index in [1.165, 1.54) is 5.56 Å². The van der Waals surface area contributed by atoms with Crippen LogP contribution >= 0.6 is 0 Å². The number of aromatic nitrogens is 1. The van der Waals surface area contributed by atoms with Gasteiger partial charge in [0.05, 0.1) is 18.7 Å². The quantitative estimate of drug-likeness (QED) is 0.572. The highest BCUT2D eigenvalue weighted by Crippen LogP contribution is 2.32. The molecule has 0 bridgehead atoms. The Morgan fingerprint density at radius 1 is 1.11 bits per heavy atom. The Bertz CT molecular complexity index is 930. The van der Waals surface area contributed by atoms with Gasteiger partial charge in [-0.05, 0) is 31.0 Å². The molecule has 4 rings (SSSR count). The number of hydrogen-bond donors (Lipinski definition) is 2. The van der Waals surface area contributed by atoms with E-state index in [1.54, 1.807) is 18.7 Å². The van der Waals surface area contributed by atoms with Gasteiger partial charge in [-0.3, -0.25) is 9.88 Å². The minimum Gasteiger partial charge on any atom is -0.485 e. The average molecular weight is 528 g/mol. The molecular formula is C21H22F6N2O7. The number of likely N-dealkylation sites (tertiary alicyclic amines) is 1. The number of furan rings is 1. The first-order chi connectivity index (χ1) is 16.8. The van der Waals surface area contributed by atoms with Crippen LogP contribution in [0.15, 0.2) is 47.5 Å². The normalized spacial score (nSPS) is 21.8. The standard InChI is InChI=1S/C17H20N2O3.2C2HF3O2/c1-3-14(9-18-6-1)22-16-11-19(10-13-5-8-20-12-13)15-4-2-7-21-17(15)16;2*3-2(4,5)1(6)7/h1,3,5-6,8-9,12,15-17H,2,4,7,10-11H2;2*(H,6,7)/t15-,16-,17-;;/m0../s1. The van der Waals surface area contributed by atoms with Crippen LogP contribution in [0, 0.1) is 0 Å². The summed E-state index contributed by atoms with van der Waals surface area (Å²) in [6, 6.07) is 6.29. The molecule has 2 aromatic heterocycles. The smallest absolute Gasteiger partial charge is 0.485 e. The van der Waals surface area contributed by atoms with Crippen LogP contribution in [0.5, 0.6) is 5.75 Å². The lowest BCUT2D eigenvalue weighted by Gasteiger charge is -2.32. The highest BCUT2D eigenvalue weighted by molar-refractivity contribution is 5.73. The Balaban J connectivity index is 0.000000271. The monoisotopic (exact) mass is 528 g/mol. The summed E-state index contributed by atoms with van der Waals surface area (Å²) in [5.41, 5.74) is 1.20. The first-order valence-corrected chi connectivity index (χ1v) is 10.3. The Labute approximate surface area is 200 Å². The van der Waals surface area contributed by atoms with Gasteiger partial charge < -0.3 is 24.1 Å². The number of rotatable bonds is 4. The fraction of sp³-hybridized carbons (Fsp3) is 0.476. The fourth-order valence-corrected chi connectivity index (χ4v) is 3.50. The molecule has 0 amide bonds. The van der Waals surface area contributed by atoms with Crippen LogP contribution in [0.4, 0.5) is 26.3 Å². The van der Waals surface area contributed by atoms with Crippen molar-refractivity contribution in [1.29, 1.82) is 0 Å². The van der Waals surface area contributed by atoms with E-state index in [2.05, 4.69) is 9.88 Å². The number of halogens is 6. The molecule has 0 unspecified atom stereocenters. The van der Waals surface area contributed by atoms with Crippen LogP contribution in [0.1, 0.15) is 18.4 Å². The lowest BCUT2D eigenvalue weighted by Crippen LogP contribution is -2.42. The van der Waals surface area contributed by atoms with Crippen molar-refractivity contribution >= 4 is 11.9 Å². The summed E-state index contributed by atoms with van der Waals surface area (Å²) in [4.78, 5) is 24.4. The zero-order valence-corrected chi connectivity index (χ0v) is 18.4. The van der Waals surface area contributed by atoms with Gasteiger partial charge in [-0.2, -0.15) is 26.3 Å². The molecule has 2 N–H and O–H groups in total. The molecule has 4 heterocycles. The van der Waals surface area contributed by atoms with Gasteiger partial charge in [0.25, 0.3) is 0 Å². The number of carboxylic acid groups (broad SMARTS) is 2. The predicted octanol–water partition coefficient (Wildman–Crippen LogP) is 3.75. The van der Waals surface area contributed by atoms with Crippen molar-refractivity contribution in [3.8, 4) is 5.75 Å². The topological polar surface area (TPSA) is 122 Å². The molecule has 200 valence electrons. The van der Waals surface area contributed by atoms with Crippen LogP contribution in [0.25, 0.3) is 0 Å². The van der Waals surface area contributed by atoms with Crippen molar-refractivity contribution in [1.82, 2.24) is 9.88 Å². The van der Waals surface area contributed by atoms with E-state index in [0.29, 0.717) is 6.04 Å².